The van der Waals surface area contributed by atoms with Crippen molar-refractivity contribution in [1.29, 1.82) is 0 Å². The molecule has 4 aromatic carbocycles. The maximum absolute atomic E-state index is 12.6. The van der Waals surface area contributed by atoms with E-state index in [0.29, 0.717) is 28.6 Å². The van der Waals surface area contributed by atoms with Crippen molar-refractivity contribution < 1.29 is 17.9 Å². The fourth-order valence-corrected chi connectivity index (χ4v) is 4.60. The van der Waals surface area contributed by atoms with E-state index in [-0.39, 0.29) is 6.54 Å². The average molecular weight is 548 g/mol. The van der Waals surface area contributed by atoms with Crippen LogP contribution in [0.1, 0.15) is 27.0 Å². The predicted octanol–water partition coefficient (Wildman–Crippen LogP) is 5.65. The Morgan fingerprint density at radius 1 is 0.921 bits per heavy atom. The standard InChI is InChI=1S/C29H26ClN3O4S/c1-38(35,36)33(20-22-10-14-26(30)15-11-22)27-16-12-25(13-17-27)29(34)32-31-19-24-8-5-9-28(18-24)37-21-23-6-3-2-4-7-23/h2-19H,20-21H2,1H3,(H,32,34)/b31-19-. The number of nitrogens with one attached hydrogen (secondary N) is 1. The fourth-order valence-electron chi connectivity index (χ4n) is 3.59. The zero-order chi connectivity index (χ0) is 27.0. The molecule has 0 spiro atoms. The average Bonchev–Trinajstić information content (AvgIpc) is 2.92. The summed E-state index contributed by atoms with van der Waals surface area (Å²) in [7, 11) is -3.56. The summed E-state index contributed by atoms with van der Waals surface area (Å²) in [6, 6.07) is 30.5. The number of anilines is 1. The first-order valence-electron chi connectivity index (χ1n) is 11.7. The molecule has 0 aliphatic heterocycles. The fraction of sp³-hybridized carbons (Fsp3) is 0.103. The van der Waals surface area contributed by atoms with E-state index in [1.165, 1.54) is 10.5 Å². The number of halogens is 1. The first-order valence-corrected chi connectivity index (χ1v) is 13.9. The molecule has 0 radical (unpaired) electrons. The molecule has 0 aromatic heterocycles. The van der Waals surface area contributed by atoms with Crippen molar-refractivity contribution >= 4 is 39.4 Å². The zero-order valence-corrected chi connectivity index (χ0v) is 22.2. The Kier molecular flexibility index (Phi) is 8.78. The maximum Gasteiger partial charge on any atom is 0.271 e. The van der Waals surface area contributed by atoms with E-state index in [9.17, 15) is 13.2 Å². The summed E-state index contributed by atoms with van der Waals surface area (Å²) >= 11 is 5.93. The number of sulfonamides is 1. The first-order chi connectivity index (χ1) is 18.3. The number of ether oxygens (including phenoxy) is 1. The molecule has 9 heteroatoms. The van der Waals surface area contributed by atoms with E-state index in [4.69, 9.17) is 16.3 Å². The summed E-state index contributed by atoms with van der Waals surface area (Å²) in [5.74, 6) is 0.265. The number of carbonyl (C=O) groups excluding carboxylic acids is 1. The molecule has 4 rings (SSSR count). The molecule has 194 valence electrons. The highest BCUT2D eigenvalue weighted by Crippen LogP contribution is 2.22. The lowest BCUT2D eigenvalue weighted by molar-refractivity contribution is 0.0955. The Hall–Kier alpha value is -4.14. The van der Waals surface area contributed by atoms with Gasteiger partial charge in [0.1, 0.15) is 12.4 Å². The number of hydrazone groups is 1. The lowest BCUT2D eigenvalue weighted by Crippen LogP contribution is -2.29. The molecule has 0 aliphatic rings. The number of amides is 1. The Balaban J connectivity index is 1.37. The van der Waals surface area contributed by atoms with Gasteiger partial charge in [0.2, 0.25) is 10.0 Å². The van der Waals surface area contributed by atoms with Gasteiger partial charge in [-0.05, 0) is 65.2 Å². The minimum absolute atomic E-state index is 0.139. The normalized spacial score (nSPS) is 11.3. The first kappa shape index (κ1) is 26.9. The van der Waals surface area contributed by atoms with Crippen LogP contribution >= 0.6 is 11.6 Å². The van der Waals surface area contributed by atoms with Crippen molar-refractivity contribution in [2.45, 2.75) is 13.2 Å². The van der Waals surface area contributed by atoms with E-state index in [0.717, 1.165) is 22.9 Å². The molecule has 0 saturated heterocycles. The summed E-state index contributed by atoms with van der Waals surface area (Å²) in [5.41, 5.74) is 5.88. The van der Waals surface area contributed by atoms with Crippen molar-refractivity contribution in [3.8, 4) is 5.75 Å². The zero-order valence-electron chi connectivity index (χ0n) is 20.6. The predicted molar refractivity (Wildman–Crippen MR) is 151 cm³/mol. The van der Waals surface area contributed by atoms with Gasteiger partial charge >= 0.3 is 0 Å². The van der Waals surface area contributed by atoms with Gasteiger partial charge < -0.3 is 4.74 Å². The summed E-state index contributed by atoms with van der Waals surface area (Å²) in [6.45, 7) is 0.588. The molecule has 0 fully saturated rings. The molecule has 0 aliphatic carbocycles. The van der Waals surface area contributed by atoms with Crippen LogP contribution in [0.15, 0.2) is 108 Å². The van der Waals surface area contributed by atoms with Gasteiger partial charge in [-0.1, -0.05) is 66.2 Å². The summed E-state index contributed by atoms with van der Waals surface area (Å²) in [4.78, 5) is 12.6. The van der Waals surface area contributed by atoms with E-state index >= 15 is 0 Å². The Labute approximate surface area is 227 Å². The molecular weight excluding hydrogens is 522 g/mol. The number of nitrogens with zero attached hydrogens (tertiary/aromatic N) is 2. The SMILES string of the molecule is CS(=O)(=O)N(Cc1ccc(Cl)cc1)c1ccc(C(=O)N/N=C\c2cccc(OCc3ccccc3)c2)cc1. The molecule has 0 bridgehead atoms. The number of benzene rings is 4. The number of hydrogen-bond acceptors (Lipinski definition) is 5. The molecule has 1 amide bonds. The topological polar surface area (TPSA) is 88.1 Å². The maximum atomic E-state index is 12.6. The van der Waals surface area contributed by atoms with Gasteiger partial charge in [-0.25, -0.2) is 13.8 Å². The second kappa shape index (κ2) is 12.4. The summed E-state index contributed by atoms with van der Waals surface area (Å²) < 4.78 is 31.9. The van der Waals surface area contributed by atoms with Crippen molar-refractivity contribution in [1.82, 2.24) is 5.43 Å². The van der Waals surface area contributed by atoms with Crippen LogP contribution in [0, 0.1) is 0 Å². The van der Waals surface area contributed by atoms with Gasteiger partial charge in [0.25, 0.3) is 5.91 Å². The van der Waals surface area contributed by atoms with Crippen LogP contribution in [0.5, 0.6) is 5.75 Å². The minimum atomic E-state index is -3.56. The van der Waals surface area contributed by atoms with E-state index in [1.54, 1.807) is 48.5 Å². The molecule has 0 atom stereocenters. The quantitative estimate of drug-likeness (QED) is 0.205. The second-order valence-electron chi connectivity index (χ2n) is 8.49. The van der Waals surface area contributed by atoms with Gasteiger partial charge in [0.15, 0.2) is 0 Å². The second-order valence-corrected chi connectivity index (χ2v) is 10.8. The van der Waals surface area contributed by atoms with E-state index < -0.39 is 15.9 Å². The molecule has 0 saturated carbocycles. The number of rotatable bonds is 10. The lowest BCUT2D eigenvalue weighted by atomic mass is 10.2. The van der Waals surface area contributed by atoms with Crippen LogP contribution in [-0.2, 0) is 23.2 Å². The molecule has 0 unspecified atom stereocenters. The highest BCUT2D eigenvalue weighted by Gasteiger charge is 2.18. The summed E-state index contributed by atoms with van der Waals surface area (Å²) in [6.07, 6.45) is 2.67. The smallest absolute Gasteiger partial charge is 0.271 e. The Bertz CT molecular complexity index is 1510. The van der Waals surface area contributed by atoms with Crippen LogP contribution < -0.4 is 14.5 Å². The monoisotopic (exact) mass is 547 g/mol. The lowest BCUT2D eigenvalue weighted by Gasteiger charge is -2.22. The van der Waals surface area contributed by atoms with Gasteiger partial charge in [0, 0.05) is 10.6 Å². The van der Waals surface area contributed by atoms with E-state index in [2.05, 4.69) is 10.5 Å². The third-order valence-electron chi connectivity index (χ3n) is 5.54. The molecule has 0 heterocycles. The molecule has 7 nitrogen and oxygen atoms in total. The van der Waals surface area contributed by atoms with E-state index in [1.807, 2.05) is 54.6 Å². The van der Waals surface area contributed by atoms with Crippen LogP contribution in [0.4, 0.5) is 5.69 Å². The van der Waals surface area contributed by atoms with Gasteiger partial charge in [0.05, 0.1) is 24.7 Å². The van der Waals surface area contributed by atoms with Gasteiger partial charge in [-0.2, -0.15) is 5.10 Å². The van der Waals surface area contributed by atoms with Gasteiger partial charge in [-0.15, -0.1) is 0 Å². The highest BCUT2D eigenvalue weighted by atomic mass is 35.5. The van der Waals surface area contributed by atoms with Crippen molar-refractivity contribution in [2.75, 3.05) is 10.6 Å². The third-order valence-corrected chi connectivity index (χ3v) is 6.94. The van der Waals surface area contributed by atoms with Crippen molar-refractivity contribution in [2.24, 2.45) is 5.10 Å². The number of carbonyl (C=O) groups is 1. The Morgan fingerprint density at radius 3 is 2.32 bits per heavy atom. The van der Waals surface area contributed by atoms with Crippen LogP contribution in [0.2, 0.25) is 5.02 Å². The Morgan fingerprint density at radius 2 is 1.63 bits per heavy atom. The van der Waals surface area contributed by atoms with Crippen LogP contribution in [0.3, 0.4) is 0 Å². The molecule has 1 N–H and O–H groups in total. The third kappa shape index (κ3) is 7.68. The number of hydrogen-bond donors (Lipinski definition) is 1. The van der Waals surface area contributed by atoms with Crippen LogP contribution in [-0.4, -0.2) is 26.8 Å². The largest absolute Gasteiger partial charge is 0.489 e. The molecular formula is C29H26ClN3O4S. The molecule has 4 aromatic rings. The molecule has 38 heavy (non-hydrogen) atoms. The van der Waals surface area contributed by atoms with Crippen molar-refractivity contribution in [3.63, 3.8) is 0 Å². The summed E-state index contributed by atoms with van der Waals surface area (Å²) in [5, 5.41) is 4.61. The van der Waals surface area contributed by atoms with Crippen molar-refractivity contribution in [3.05, 3.63) is 130 Å². The van der Waals surface area contributed by atoms with Crippen LogP contribution in [0.25, 0.3) is 0 Å². The highest BCUT2D eigenvalue weighted by molar-refractivity contribution is 7.92. The minimum Gasteiger partial charge on any atom is -0.489 e. The van der Waals surface area contributed by atoms with Gasteiger partial charge in [-0.3, -0.25) is 9.10 Å².